The van der Waals surface area contributed by atoms with E-state index in [4.69, 9.17) is 4.52 Å². The summed E-state index contributed by atoms with van der Waals surface area (Å²) in [5.41, 5.74) is 3.48. The Hall–Kier alpha value is -2.70. The molecular formula is C19H22N6O. The lowest BCUT2D eigenvalue weighted by Gasteiger charge is -2.28. The number of fused-ring (bicyclic) bond motifs is 1. The Bertz CT molecular complexity index is 939. The molecule has 7 heteroatoms. The van der Waals surface area contributed by atoms with Crippen LogP contribution in [-0.2, 0) is 13.0 Å². The molecule has 1 aliphatic heterocycles. The molecule has 26 heavy (non-hydrogen) atoms. The van der Waals surface area contributed by atoms with Gasteiger partial charge in [0.05, 0.1) is 18.6 Å². The van der Waals surface area contributed by atoms with Crippen LogP contribution in [0.1, 0.15) is 55.9 Å². The summed E-state index contributed by atoms with van der Waals surface area (Å²) in [4.78, 5) is 16.0. The quantitative estimate of drug-likeness (QED) is 0.718. The van der Waals surface area contributed by atoms with Gasteiger partial charge in [0.1, 0.15) is 5.82 Å². The number of hydrogen-bond acceptors (Lipinski definition) is 6. The van der Waals surface area contributed by atoms with Crippen LogP contribution in [-0.4, -0.2) is 31.2 Å². The van der Waals surface area contributed by atoms with Gasteiger partial charge in [-0.25, -0.2) is 9.97 Å². The predicted molar refractivity (Wildman–Crippen MR) is 96.9 cm³/mol. The molecule has 3 aromatic heterocycles. The van der Waals surface area contributed by atoms with E-state index >= 15 is 0 Å². The maximum absolute atomic E-state index is 5.42. The second-order valence-corrected chi connectivity index (χ2v) is 7.46. The largest absolute Gasteiger partial charge is 0.350 e. The number of hydrogen-bond donors (Lipinski definition) is 0. The zero-order valence-corrected chi connectivity index (χ0v) is 15.1. The molecule has 0 N–H and O–H groups in total. The van der Waals surface area contributed by atoms with Gasteiger partial charge in [-0.1, -0.05) is 19.0 Å². The lowest BCUT2D eigenvalue weighted by atomic mass is 10.1. The molecule has 7 nitrogen and oxygen atoms in total. The fraction of sp³-hybridized carbons (Fsp3) is 0.474. The van der Waals surface area contributed by atoms with Gasteiger partial charge in [0.25, 0.3) is 5.89 Å². The van der Waals surface area contributed by atoms with Crippen molar-refractivity contribution in [1.29, 1.82) is 0 Å². The lowest BCUT2D eigenvalue weighted by molar-refractivity contribution is 0.419. The van der Waals surface area contributed by atoms with Crippen LogP contribution in [0.15, 0.2) is 29.2 Å². The summed E-state index contributed by atoms with van der Waals surface area (Å²) >= 11 is 0. The fourth-order valence-electron chi connectivity index (χ4n) is 3.51. The van der Waals surface area contributed by atoms with Gasteiger partial charge in [-0.15, -0.1) is 0 Å². The predicted octanol–water partition coefficient (Wildman–Crippen LogP) is 3.35. The van der Waals surface area contributed by atoms with E-state index in [9.17, 15) is 0 Å². The van der Waals surface area contributed by atoms with Crippen LogP contribution in [0.2, 0.25) is 0 Å². The third-order valence-electron chi connectivity index (χ3n) is 5.16. The van der Waals surface area contributed by atoms with E-state index in [1.54, 1.807) is 0 Å². The monoisotopic (exact) mass is 350 g/mol. The molecule has 3 aromatic rings. The minimum Gasteiger partial charge on any atom is -0.350 e. The topological polar surface area (TPSA) is 72.9 Å². The molecule has 0 amide bonds. The van der Waals surface area contributed by atoms with E-state index in [0.29, 0.717) is 11.9 Å². The van der Waals surface area contributed by atoms with Gasteiger partial charge >= 0.3 is 0 Å². The normalized spacial score (nSPS) is 17.0. The van der Waals surface area contributed by atoms with Crippen LogP contribution in [0.4, 0.5) is 5.82 Å². The van der Waals surface area contributed by atoms with Gasteiger partial charge in [-0.2, -0.15) is 4.98 Å². The van der Waals surface area contributed by atoms with Crippen molar-refractivity contribution in [2.75, 3.05) is 11.4 Å². The van der Waals surface area contributed by atoms with E-state index in [1.807, 2.05) is 24.7 Å². The van der Waals surface area contributed by atoms with E-state index in [1.165, 1.54) is 24.2 Å². The maximum atomic E-state index is 5.42. The number of nitrogens with zero attached hydrogens (tertiary/aromatic N) is 6. The number of anilines is 1. The standard InChI is InChI=1S/C19H22N6O/c1-12(2)18-22-19(26-23-18)13-5-7-20-17(9-13)24-8-6-16-15(10-24)21-11-25(16)14-3-4-14/h5,7,9,11-12,14H,3-4,6,8,10H2,1-2H3. The Kier molecular flexibility index (Phi) is 3.55. The average Bonchev–Trinajstić information content (AvgIpc) is 3.22. The van der Waals surface area contributed by atoms with Crippen molar-refractivity contribution in [2.24, 2.45) is 0 Å². The van der Waals surface area contributed by atoms with Crippen molar-refractivity contribution >= 4 is 5.82 Å². The Balaban J connectivity index is 1.40. The van der Waals surface area contributed by atoms with Crippen LogP contribution in [0.5, 0.6) is 0 Å². The molecule has 0 atom stereocenters. The summed E-state index contributed by atoms with van der Waals surface area (Å²) in [5, 5.41) is 4.06. The molecule has 0 saturated heterocycles. The maximum Gasteiger partial charge on any atom is 0.258 e. The highest BCUT2D eigenvalue weighted by Gasteiger charge is 2.29. The highest BCUT2D eigenvalue weighted by Crippen LogP contribution is 2.37. The summed E-state index contributed by atoms with van der Waals surface area (Å²) in [6.07, 6.45) is 7.41. The summed E-state index contributed by atoms with van der Waals surface area (Å²) in [6.45, 7) is 5.85. The first-order valence-electron chi connectivity index (χ1n) is 9.28. The van der Waals surface area contributed by atoms with Crippen LogP contribution >= 0.6 is 0 Å². The first kappa shape index (κ1) is 15.5. The molecule has 2 aliphatic rings. The summed E-state index contributed by atoms with van der Waals surface area (Å²) < 4.78 is 7.80. The van der Waals surface area contributed by atoms with Crippen molar-refractivity contribution in [1.82, 2.24) is 24.7 Å². The third-order valence-corrected chi connectivity index (χ3v) is 5.16. The zero-order valence-electron chi connectivity index (χ0n) is 15.1. The van der Waals surface area contributed by atoms with Gasteiger partial charge < -0.3 is 14.0 Å². The SMILES string of the molecule is CC(C)c1noc(-c2ccnc(N3CCc4c(ncn4C4CC4)C3)c2)n1. The summed E-state index contributed by atoms with van der Waals surface area (Å²) in [5.74, 6) is 2.45. The molecule has 1 fully saturated rings. The van der Waals surface area contributed by atoms with Gasteiger partial charge in [-0.3, -0.25) is 0 Å². The van der Waals surface area contributed by atoms with Gasteiger partial charge in [-0.05, 0) is 25.0 Å². The second-order valence-electron chi connectivity index (χ2n) is 7.46. The van der Waals surface area contributed by atoms with Crippen LogP contribution in [0.3, 0.4) is 0 Å². The van der Waals surface area contributed by atoms with E-state index in [-0.39, 0.29) is 5.92 Å². The number of rotatable bonds is 4. The Morgan fingerprint density at radius 2 is 2.12 bits per heavy atom. The Morgan fingerprint density at radius 3 is 2.88 bits per heavy atom. The first-order chi connectivity index (χ1) is 12.7. The highest BCUT2D eigenvalue weighted by atomic mass is 16.5. The van der Waals surface area contributed by atoms with Gasteiger partial charge in [0.15, 0.2) is 5.82 Å². The van der Waals surface area contributed by atoms with Crippen LogP contribution < -0.4 is 4.90 Å². The second kappa shape index (κ2) is 5.93. The number of aromatic nitrogens is 5. The van der Waals surface area contributed by atoms with Crippen molar-refractivity contribution in [3.63, 3.8) is 0 Å². The molecule has 0 bridgehead atoms. The Morgan fingerprint density at radius 1 is 1.23 bits per heavy atom. The molecule has 0 spiro atoms. The number of imidazole rings is 1. The minimum absolute atomic E-state index is 0.246. The molecule has 4 heterocycles. The molecule has 0 radical (unpaired) electrons. The fourth-order valence-corrected chi connectivity index (χ4v) is 3.51. The third kappa shape index (κ3) is 2.67. The van der Waals surface area contributed by atoms with Gasteiger partial charge in [0, 0.05) is 42.4 Å². The minimum atomic E-state index is 0.246. The lowest BCUT2D eigenvalue weighted by Crippen LogP contribution is -2.31. The average molecular weight is 350 g/mol. The Labute approximate surface area is 152 Å². The van der Waals surface area contributed by atoms with Crippen LogP contribution in [0.25, 0.3) is 11.5 Å². The number of pyridine rings is 1. The molecule has 0 aromatic carbocycles. The first-order valence-corrected chi connectivity index (χ1v) is 9.28. The molecule has 1 aliphatic carbocycles. The molecule has 0 unspecified atom stereocenters. The van der Waals surface area contributed by atoms with E-state index < -0.39 is 0 Å². The molecule has 134 valence electrons. The van der Waals surface area contributed by atoms with Gasteiger partial charge in [0.2, 0.25) is 0 Å². The smallest absolute Gasteiger partial charge is 0.258 e. The van der Waals surface area contributed by atoms with Crippen molar-refractivity contribution in [3.8, 4) is 11.5 Å². The molecule has 5 rings (SSSR count). The molecular weight excluding hydrogens is 328 g/mol. The van der Waals surface area contributed by atoms with E-state index in [2.05, 4.69) is 43.4 Å². The van der Waals surface area contributed by atoms with E-state index in [0.717, 1.165) is 36.7 Å². The summed E-state index contributed by atoms with van der Waals surface area (Å²) in [6, 6.07) is 4.63. The van der Waals surface area contributed by atoms with Crippen molar-refractivity contribution in [3.05, 3.63) is 41.9 Å². The zero-order chi connectivity index (χ0) is 17.7. The summed E-state index contributed by atoms with van der Waals surface area (Å²) in [7, 11) is 0. The molecule has 1 saturated carbocycles. The van der Waals surface area contributed by atoms with Crippen molar-refractivity contribution < 1.29 is 4.52 Å². The van der Waals surface area contributed by atoms with Crippen LogP contribution in [0, 0.1) is 0 Å². The highest BCUT2D eigenvalue weighted by molar-refractivity contribution is 5.59. The van der Waals surface area contributed by atoms with Crippen molar-refractivity contribution in [2.45, 2.75) is 51.6 Å².